The minimum absolute atomic E-state index is 0.0484. The van der Waals surface area contributed by atoms with Crippen molar-refractivity contribution in [3.8, 4) is 0 Å². The van der Waals surface area contributed by atoms with E-state index in [0.29, 0.717) is 12.3 Å². The fraction of sp³-hybridized carbons (Fsp3) is 0.357. The van der Waals surface area contributed by atoms with Crippen molar-refractivity contribution >= 4 is 5.97 Å². The fourth-order valence-corrected chi connectivity index (χ4v) is 1.77. The molecule has 2 aromatic rings. The highest BCUT2D eigenvalue weighted by atomic mass is 19.1. The molecular formula is C14H15FN2O3. The Morgan fingerprint density at radius 1 is 1.45 bits per heavy atom. The molecule has 0 amide bonds. The number of ether oxygens (including phenoxy) is 1. The van der Waals surface area contributed by atoms with Crippen molar-refractivity contribution in [3.63, 3.8) is 0 Å². The zero-order chi connectivity index (χ0) is 14.5. The first-order valence-corrected chi connectivity index (χ1v) is 6.24. The third-order valence-electron chi connectivity index (χ3n) is 2.74. The molecule has 1 aromatic heterocycles. The Labute approximate surface area is 115 Å². The Morgan fingerprint density at radius 3 is 2.90 bits per heavy atom. The van der Waals surface area contributed by atoms with Crippen molar-refractivity contribution in [2.24, 2.45) is 5.92 Å². The third kappa shape index (κ3) is 3.88. The van der Waals surface area contributed by atoms with Gasteiger partial charge in [0.15, 0.2) is 6.61 Å². The molecule has 0 aliphatic carbocycles. The third-order valence-corrected chi connectivity index (χ3v) is 2.74. The minimum Gasteiger partial charge on any atom is -0.455 e. The number of esters is 1. The summed E-state index contributed by atoms with van der Waals surface area (Å²) in [6.07, 6.45) is 0.416. The molecule has 0 N–H and O–H groups in total. The van der Waals surface area contributed by atoms with Gasteiger partial charge >= 0.3 is 5.97 Å². The summed E-state index contributed by atoms with van der Waals surface area (Å²) >= 11 is 0. The van der Waals surface area contributed by atoms with Gasteiger partial charge in [-0.3, -0.25) is 4.79 Å². The van der Waals surface area contributed by atoms with E-state index in [-0.39, 0.29) is 30.2 Å². The number of carbonyl (C=O) groups excluding carboxylic acids is 1. The quantitative estimate of drug-likeness (QED) is 0.786. The normalized spacial score (nSPS) is 12.2. The summed E-state index contributed by atoms with van der Waals surface area (Å²) in [4.78, 5) is 11.8. The van der Waals surface area contributed by atoms with Gasteiger partial charge in [-0.25, -0.2) is 4.39 Å². The summed E-state index contributed by atoms with van der Waals surface area (Å²) in [5.41, 5.74) is 0.753. The molecule has 106 valence electrons. The monoisotopic (exact) mass is 278 g/mol. The Balaban J connectivity index is 1.85. The van der Waals surface area contributed by atoms with Gasteiger partial charge in [0.2, 0.25) is 5.89 Å². The Hall–Kier alpha value is -2.24. The Morgan fingerprint density at radius 2 is 2.25 bits per heavy atom. The summed E-state index contributed by atoms with van der Waals surface area (Å²) < 4.78 is 23.2. The minimum atomic E-state index is -0.384. The number of aromatic nitrogens is 2. The van der Waals surface area contributed by atoms with Gasteiger partial charge in [-0.15, -0.1) is 10.2 Å². The van der Waals surface area contributed by atoms with Gasteiger partial charge in [-0.05, 0) is 24.1 Å². The number of aryl methyl sites for hydroxylation is 1. The van der Waals surface area contributed by atoms with Crippen molar-refractivity contribution in [1.29, 1.82) is 0 Å². The first kappa shape index (κ1) is 14.2. The molecule has 0 spiro atoms. The van der Waals surface area contributed by atoms with E-state index >= 15 is 0 Å². The van der Waals surface area contributed by atoms with Gasteiger partial charge in [0.05, 0.1) is 5.92 Å². The van der Waals surface area contributed by atoms with Crippen LogP contribution in [0.25, 0.3) is 0 Å². The van der Waals surface area contributed by atoms with E-state index in [0.717, 1.165) is 5.56 Å². The van der Waals surface area contributed by atoms with Crippen LogP contribution in [0, 0.1) is 18.7 Å². The highest BCUT2D eigenvalue weighted by Crippen LogP contribution is 2.12. The maximum absolute atomic E-state index is 13.0. The predicted molar refractivity (Wildman–Crippen MR) is 68.1 cm³/mol. The highest BCUT2D eigenvalue weighted by Gasteiger charge is 2.16. The molecule has 6 heteroatoms. The molecule has 1 aromatic carbocycles. The van der Waals surface area contributed by atoms with Gasteiger partial charge < -0.3 is 9.15 Å². The van der Waals surface area contributed by atoms with Crippen LogP contribution in [0.15, 0.2) is 28.7 Å². The van der Waals surface area contributed by atoms with Crippen LogP contribution in [0.2, 0.25) is 0 Å². The maximum Gasteiger partial charge on any atom is 0.309 e. The molecule has 1 atom stereocenters. The lowest BCUT2D eigenvalue weighted by molar-refractivity contribution is -0.150. The van der Waals surface area contributed by atoms with Crippen LogP contribution in [0.1, 0.15) is 24.3 Å². The van der Waals surface area contributed by atoms with Gasteiger partial charge in [0.25, 0.3) is 5.89 Å². The Kier molecular flexibility index (Phi) is 4.45. The number of hydrogen-bond acceptors (Lipinski definition) is 5. The highest BCUT2D eigenvalue weighted by molar-refractivity contribution is 5.72. The molecule has 0 saturated carbocycles. The van der Waals surface area contributed by atoms with E-state index in [2.05, 4.69) is 10.2 Å². The predicted octanol–water partition coefficient (Wildman–Crippen LogP) is 2.44. The van der Waals surface area contributed by atoms with Crippen molar-refractivity contribution in [2.45, 2.75) is 26.9 Å². The number of halogens is 1. The van der Waals surface area contributed by atoms with Gasteiger partial charge in [-0.1, -0.05) is 19.1 Å². The SMILES string of the molecule is Cc1nnc(COC(=O)C(C)Cc2cccc(F)c2)o1. The van der Waals surface area contributed by atoms with Crippen molar-refractivity contribution in [1.82, 2.24) is 10.2 Å². The Bertz CT molecular complexity index is 598. The van der Waals surface area contributed by atoms with E-state index in [1.54, 1.807) is 26.0 Å². The summed E-state index contributed by atoms with van der Waals surface area (Å²) in [6.45, 7) is 3.34. The van der Waals surface area contributed by atoms with E-state index in [4.69, 9.17) is 9.15 Å². The van der Waals surface area contributed by atoms with E-state index in [9.17, 15) is 9.18 Å². The van der Waals surface area contributed by atoms with Gasteiger partial charge in [0.1, 0.15) is 5.82 Å². The van der Waals surface area contributed by atoms with Crippen molar-refractivity contribution < 1.29 is 18.3 Å². The fourth-order valence-electron chi connectivity index (χ4n) is 1.77. The van der Waals surface area contributed by atoms with Crippen molar-refractivity contribution in [3.05, 3.63) is 47.4 Å². The summed E-state index contributed by atoms with van der Waals surface area (Å²) in [5.74, 6) is -0.395. The average Bonchev–Trinajstić information content (AvgIpc) is 2.81. The molecule has 0 aliphatic rings. The van der Waals surface area contributed by atoms with Crippen LogP contribution in [-0.4, -0.2) is 16.2 Å². The zero-order valence-electron chi connectivity index (χ0n) is 11.3. The molecule has 0 radical (unpaired) electrons. The topological polar surface area (TPSA) is 65.2 Å². The van der Waals surface area contributed by atoms with Crippen LogP contribution in [0.5, 0.6) is 0 Å². The summed E-state index contributed by atoms with van der Waals surface area (Å²) in [7, 11) is 0. The second kappa shape index (κ2) is 6.27. The molecular weight excluding hydrogens is 263 g/mol. The van der Waals surface area contributed by atoms with Crippen molar-refractivity contribution in [2.75, 3.05) is 0 Å². The number of nitrogens with zero attached hydrogens (tertiary/aromatic N) is 2. The largest absolute Gasteiger partial charge is 0.455 e. The lowest BCUT2D eigenvalue weighted by Crippen LogP contribution is -2.17. The van der Waals surface area contributed by atoms with E-state index in [1.807, 2.05) is 0 Å². The van der Waals surface area contributed by atoms with Crippen LogP contribution in [-0.2, 0) is 22.6 Å². The molecule has 1 unspecified atom stereocenters. The van der Waals surface area contributed by atoms with Crippen LogP contribution in [0.4, 0.5) is 4.39 Å². The number of benzene rings is 1. The summed E-state index contributed by atoms with van der Waals surface area (Å²) in [5, 5.41) is 7.37. The standard InChI is InChI=1S/C14H15FN2O3/c1-9(6-11-4-3-5-12(15)7-11)14(18)19-8-13-17-16-10(2)20-13/h3-5,7,9H,6,8H2,1-2H3. The molecule has 20 heavy (non-hydrogen) atoms. The number of carbonyl (C=O) groups is 1. The number of rotatable bonds is 5. The van der Waals surface area contributed by atoms with Gasteiger partial charge in [0, 0.05) is 6.92 Å². The maximum atomic E-state index is 13.0. The lowest BCUT2D eigenvalue weighted by atomic mass is 10.0. The van der Waals surface area contributed by atoms with Crippen LogP contribution >= 0.6 is 0 Å². The molecule has 2 rings (SSSR count). The molecule has 0 fully saturated rings. The molecule has 0 bridgehead atoms. The first-order valence-electron chi connectivity index (χ1n) is 6.24. The number of hydrogen-bond donors (Lipinski definition) is 0. The zero-order valence-corrected chi connectivity index (χ0v) is 11.3. The second-order valence-corrected chi connectivity index (χ2v) is 4.56. The molecule has 0 saturated heterocycles. The van der Waals surface area contributed by atoms with Crippen LogP contribution in [0.3, 0.4) is 0 Å². The van der Waals surface area contributed by atoms with E-state index < -0.39 is 0 Å². The summed E-state index contributed by atoms with van der Waals surface area (Å²) in [6, 6.07) is 6.16. The second-order valence-electron chi connectivity index (χ2n) is 4.56. The average molecular weight is 278 g/mol. The van der Waals surface area contributed by atoms with Gasteiger partial charge in [-0.2, -0.15) is 0 Å². The molecule has 0 aliphatic heterocycles. The molecule has 5 nitrogen and oxygen atoms in total. The van der Waals surface area contributed by atoms with E-state index in [1.165, 1.54) is 12.1 Å². The smallest absolute Gasteiger partial charge is 0.309 e. The molecule has 1 heterocycles. The lowest BCUT2D eigenvalue weighted by Gasteiger charge is -2.10. The first-order chi connectivity index (χ1) is 9.54. The van der Waals surface area contributed by atoms with Crippen LogP contribution < -0.4 is 0 Å².